The van der Waals surface area contributed by atoms with Crippen LogP contribution in [0.1, 0.15) is 28.9 Å². The number of nitrogens with zero attached hydrogens (tertiary/aromatic N) is 2. The van der Waals surface area contributed by atoms with Crippen molar-refractivity contribution < 1.29 is 9.53 Å². The summed E-state index contributed by atoms with van der Waals surface area (Å²) in [4.78, 5) is 22.2. The molecule has 2 aromatic heterocycles. The van der Waals surface area contributed by atoms with Crippen molar-refractivity contribution in [2.75, 3.05) is 18.8 Å². The van der Waals surface area contributed by atoms with E-state index in [-0.39, 0.29) is 18.3 Å². The topological polar surface area (TPSA) is 84.2 Å². The number of nitrogens with two attached hydrogens (primary N) is 1. The van der Waals surface area contributed by atoms with E-state index in [9.17, 15) is 4.79 Å². The average molecular weight is 481 g/mol. The third kappa shape index (κ3) is 4.36. The first kappa shape index (κ1) is 21.6. The number of nitrogens with one attached hydrogen (secondary N) is 1. The van der Waals surface area contributed by atoms with Gasteiger partial charge in [0, 0.05) is 51.4 Å². The van der Waals surface area contributed by atoms with Crippen LogP contribution in [-0.2, 0) is 6.61 Å². The van der Waals surface area contributed by atoms with Gasteiger partial charge in [-0.2, -0.15) is 0 Å². The van der Waals surface area contributed by atoms with Gasteiger partial charge in [-0.25, -0.2) is 4.98 Å². The number of nitrogen functional groups attached to an aromatic ring is 1. The maximum atomic E-state index is 12.7. The Morgan fingerprint density at radius 2 is 1.82 bits per heavy atom. The molecule has 4 aromatic rings. The van der Waals surface area contributed by atoms with Gasteiger partial charge in [-0.05, 0) is 54.8 Å². The number of hydrogen-bond acceptors (Lipinski definition) is 4. The molecular formula is C25H22Cl2N4O2. The molecule has 0 saturated carbocycles. The largest absolute Gasteiger partial charge is 0.485 e. The Morgan fingerprint density at radius 3 is 2.58 bits per heavy atom. The zero-order valence-corrected chi connectivity index (χ0v) is 19.3. The maximum absolute atomic E-state index is 12.7. The number of ether oxygens (including phenoxy) is 1. The number of rotatable bonds is 5. The maximum Gasteiger partial charge on any atom is 0.270 e. The predicted molar refractivity (Wildman–Crippen MR) is 132 cm³/mol. The number of amides is 1. The Kier molecular flexibility index (Phi) is 5.87. The van der Waals surface area contributed by atoms with Crippen molar-refractivity contribution in [2.24, 2.45) is 0 Å². The summed E-state index contributed by atoms with van der Waals surface area (Å²) in [6.45, 7) is 1.81. The molecule has 0 spiro atoms. The fraction of sp³-hybridized carbons (Fsp3) is 0.200. The third-order valence-corrected chi connectivity index (χ3v) is 6.60. The number of anilines is 1. The smallest absolute Gasteiger partial charge is 0.270 e. The molecule has 1 amide bonds. The van der Waals surface area contributed by atoms with Crippen LogP contribution in [0.25, 0.3) is 22.0 Å². The number of halogens is 2. The van der Waals surface area contributed by atoms with Gasteiger partial charge in [0.2, 0.25) is 0 Å². The lowest BCUT2D eigenvalue weighted by atomic mass is 10.1. The number of hydrogen-bond donors (Lipinski definition) is 2. The Morgan fingerprint density at radius 1 is 1.06 bits per heavy atom. The molecule has 33 heavy (non-hydrogen) atoms. The predicted octanol–water partition coefficient (Wildman–Crippen LogP) is 5.93. The van der Waals surface area contributed by atoms with Crippen molar-refractivity contribution in [3.8, 4) is 16.9 Å². The molecule has 2 aromatic carbocycles. The van der Waals surface area contributed by atoms with E-state index < -0.39 is 0 Å². The molecule has 8 heteroatoms. The van der Waals surface area contributed by atoms with Crippen LogP contribution in [0.3, 0.4) is 0 Å². The Hall–Kier alpha value is -3.22. The van der Waals surface area contributed by atoms with Crippen LogP contribution >= 0.6 is 23.2 Å². The molecular weight excluding hydrogens is 459 g/mol. The van der Waals surface area contributed by atoms with E-state index >= 15 is 0 Å². The zero-order valence-electron chi connectivity index (χ0n) is 17.8. The highest BCUT2D eigenvalue weighted by molar-refractivity contribution is 6.35. The summed E-state index contributed by atoms with van der Waals surface area (Å²) in [5.74, 6) is 0.777. The molecule has 0 unspecified atom stereocenters. The second kappa shape index (κ2) is 8.96. The minimum absolute atomic E-state index is 0.0494. The number of aromatic nitrogens is 2. The average Bonchev–Trinajstić information content (AvgIpc) is 3.49. The van der Waals surface area contributed by atoms with Gasteiger partial charge in [0.05, 0.1) is 0 Å². The van der Waals surface area contributed by atoms with Crippen molar-refractivity contribution in [1.29, 1.82) is 0 Å². The van der Waals surface area contributed by atoms with Crippen molar-refractivity contribution in [3.05, 3.63) is 76.0 Å². The standard InChI is InChI=1S/C25H22Cl2N4O2/c26-19-4-3-5-20(27)18(19)14-33-23-12-17(13-29-24(23)28)15-6-7-21-16(10-15)11-22(30-21)25(32)31-8-1-2-9-31/h3-7,10-13,30H,1-2,8-9,14H2,(H2,28,29). The van der Waals surface area contributed by atoms with Gasteiger partial charge in [-0.15, -0.1) is 0 Å². The molecule has 0 aliphatic carbocycles. The molecule has 0 radical (unpaired) electrons. The van der Waals surface area contributed by atoms with Gasteiger partial charge in [-0.3, -0.25) is 4.79 Å². The van der Waals surface area contributed by atoms with Crippen LogP contribution in [0, 0.1) is 0 Å². The van der Waals surface area contributed by atoms with Crippen molar-refractivity contribution in [2.45, 2.75) is 19.4 Å². The van der Waals surface area contributed by atoms with E-state index in [0.29, 0.717) is 27.1 Å². The molecule has 1 saturated heterocycles. The zero-order chi connectivity index (χ0) is 22.9. The van der Waals surface area contributed by atoms with Gasteiger partial charge in [0.15, 0.2) is 11.6 Å². The van der Waals surface area contributed by atoms with E-state index in [1.165, 1.54) is 0 Å². The van der Waals surface area contributed by atoms with Crippen molar-refractivity contribution in [3.63, 3.8) is 0 Å². The minimum Gasteiger partial charge on any atom is -0.485 e. The lowest BCUT2D eigenvalue weighted by molar-refractivity contribution is 0.0788. The number of likely N-dealkylation sites (tertiary alicyclic amines) is 1. The van der Waals surface area contributed by atoms with Crippen LogP contribution in [0.5, 0.6) is 5.75 Å². The molecule has 0 bridgehead atoms. The van der Waals surface area contributed by atoms with E-state index in [1.807, 2.05) is 35.2 Å². The second-order valence-electron chi connectivity index (χ2n) is 8.08. The lowest BCUT2D eigenvalue weighted by Gasteiger charge is -2.13. The number of H-pyrrole nitrogens is 1. The van der Waals surface area contributed by atoms with Crippen molar-refractivity contribution in [1.82, 2.24) is 14.9 Å². The summed E-state index contributed by atoms with van der Waals surface area (Å²) in [7, 11) is 0. The summed E-state index contributed by atoms with van der Waals surface area (Å²) in [6.07, 6.45) is 3.83. The Labute approximate surface area is 201 Å². The molecule has 5 rings (SSSR count). The second-order valence-corrected chi connectivity index (χ2v) is 8.90. The highest BCUT2D eigenvalue weighted by Crippen LogP contribution is 2.32. The van der Waals surface area contributed by atoms with Gasteiger partial charge in [0.25, 0.3) is 5.91 Å². The SMILES string of the molecule is Nc1ncc(-c2ccc3[nH]c(C(=O)N4CCCC4)cc3c2)cc1OCc1c(Cl)cccc1Cl. The van der Waals surface area contributed by atoms with Gasteiger partial charge < -0.3 is 20.4 Å². The minimum atomic E-state index is 0.0494. The number of fused-ring (bicyclic) bond motifs is 1. The highest BCUT2D eigenvalue weighted by Gasteiger charge is 2.21. The normalized spacial score (nSPS) is 13.6. The number of pyridine rings is 1. The summed E-state index contributed by atoms with van der Waals surface area (Å²) in [5.41, 5.74) is 10.0. The number of aromatic amines is 1. The van der Waals surface area contributed by atoms with Crippen LogP contribution in [-0.4, -0.2) is 33.9 Å². The van der Waals surface area contributed by atoms with E-state index in [0.717, 1.165) is 48.0 Å². The molecule has 1 aliphatic rings. The molecule has 168 valence electrons. The quantitative estimate of drug-likeness (QED) is 0.370. The lowest BCUT2D eigenvalue weighted by Crippen LogP contribution is -2.27. The third-order valence-electron chi connectivity index (χ3n) is 5.89. The fourth-order valence-corrected chi connectivity index (χ4v) is 4.57. The highest BCUT2D eigenvalue weighted by atomic mass is 35.5. The number of carbonyl (C=O) groups excluding carboxylic acids is 1. The van der Waals surface area contributed by atoms with E-state index in [2.05, 4.69) is 9.97 Å². The number of benzene rings is 2. The molecule has 3 heterocycles. The van der Waals surface area contributed by atoms with Gasteiger partial charge in [0.1, 0.15) is 12.3 Å². The monoisotopic (exact) mass is 480 g/mol. The Balaban J connectivity index is 1.40. The fourth-order valence-electron chi connectivity index (χ4n) is 4.07. The first-order chi connectivity index (χ1) is 16.0. The van der Waals surface area contributed by atoms with Crippen LogP contribution < -0.4 is 10.5 Å². The van der Waals surface area contributed by atoms with Gasteiger partial charge in [-0.1, -0.05) is 35.3 Å². The van der Waals surface area contributed by atoms with Crippen LogP contribution in [0.15, 0.2) is 54.7 Å². The van der Waals surface area contributed by atoms with Crippen molar-refractivity contribution >= 4 is 45.8 Å². The summed E-state index contributed by atoms with van der Waals surface area (Å²) < 4.78 is 5.91. The molecule has 0 atom stereocenters. The molecule has 1 aliphatic heterocycles. The summed E-state index contributed by atoms with van der Waals surface area (Å²) in [5, 5.41) is 2.02. The first-order valence-corrected chi connectivity index (χ1v) is 11.5. The Bertz CT molecular complexity index is 1330. The number of carbonyl (C=O) groups is 1. The van der Waals surface area contributed by atoms with Gasteiger partial charge >= 0.3 is 0 Å². The summed E-state index contributed by atoms with van der Waals surface area (Å²) in [6, 6.07) is 15.0. The van der Waals surface area contributed by atoms with E-state index in [4.69, 9.17) is 33.7 Å². The molecule has 1 fully saturated rings. The van der Waals surface area contributed by atoms with Crippen LogP contribution in [0.4, 0.5) is 5.82 Å². The summed E-state index contributed by atoms with van der Waals surface area (Å²) >= 11 is 12.5. The van der Waals surface area contributed by atoms with E-state index in [1.54, 1.807) is 24.4 Å². The molecule has 3 N–H and O–H groups in total. The molecule has 6 nitrogen and oxygen atoms in total. The first-order valence-electron chi connectivity index (χ1n) is 10.7. The van der Waals surface area contributed by atoms with Crippen LogP contribution in [0.2, 0.25) is 10.0 Å².